The molecule has 0 fully saturated rings. The number of amides is 1. The van der Waals surface area contributed by atoms with Crippen molar-refractivity contribution in [2.45, 2.75) is 6.18 Å². The van der Waals surface area contributed by atoms with Crippen LogP contribution < -0.4 is 15.0 Å². The third-order valence-corrected chi connectivity index (χ3v) is 5.69. The molecular weight excluding hydrogens is 532 g/mol. The molecule has 4 aromatic rings. The van der Waals surface area contributed by atoms with E-state index in [1.165, 1.54) is 24.5 Å². The van der Waals surface area contributed by atoms with Crippen molar-refractivity contribution in [1.82, 2.24) is 19.3 Å². The molecule has 0 atom stereocenters. The first-order chi connectivity index (χ1) is 18.2. The summed E-state index contributed by atoms with van der Waals surface area (Å²) in [4.78, 5) is 25.9. The highest BCUT2D eigenvalue weighted by Gasteiger charge is 2.34. The van der Waals surface area contributed by atoms with Crippen LogP contribution in [0, 0.1) is 5.82 Å². The number of aromatic nitrogens is 4. The van der Waals surface area contributed by atoms with Gasteiger partial charge < -0.3 is 20.3 Å². The van der Waals surface area contributed by atoms with Crippen LogP contribution in [0.25, 0.3) is 11.4 Å². The number of aliphatic hydroxyl groups is 2. The first-order valence-electron chi connectivity index (χ1n) is 10.8. The lowest BCUT2D eigenvalue weighted by atomic mass is 10.1. The maximum absolute atomic E-state index is 13.6. The second-order valence-electron chi connectivity index (χ2n) is 7.48. The number of benzene rings is 2. The Morgan fingerprint density at radius 2 is 1.84 bits per heavy atom. The summed E-state index contributed by atoms with van der Waals surface area (Å²) in [6.07, 6.45) is -3.63. The Hall–Kier alpha value is -4.21. The molecule has 10 nitrogen and oxygen atoms in total. The molecule has 0 saturated heterocycles. The topological polar surface area (TPSA) is 134 Å². The summed E-state index contributed by atoms with van der Waals surface area (Å²) >= 11 is 0.684. The number of hydrogen-bond donors (Lipinski definition) is 3. The van der Waals surface area contributed by atoms with Gasteiger partial charge in [-0.15, -0.1) is 0 Å². The van der Waals surface area contributed by atoms with Crippen molar-refractivity contribution in [2.24, 2.45) is 0 Å². The second-order valence-corrected chi connectivity index (χ2v) is 8.21. The van der Waals surface area contributed by atoms with E-state index in [-0.39, 0.29) is 41.2 Å². The molecule has 4 rings (SSSR count). The van der Waals surface area contributed by atoms with Crippen LogP contribution in [0.15, 0.2) is 54.9 Å². The maximum Gasteiger partial charge on any atom is 0.419 e. The number of nitrogens with one attached hydrogen (secondary N) is 1. The number of hydrogen-bond acceptors (Lipinski definition) is 10. The van der Waals surface area contributed by atoms with Gasteiger partial charge in [0.05, 0.1) is 12.2 Å². The Balaban J connectivity index is 1.49. The van der Waals surface area contributed by atoms with Gasteiger partial charge in [-0.3, -0.25) is 9.69 Å². The van der Waals surface area contributed by atoms with Crippen LogP contribution in [0.1, 0.15) is 15.9 Å². The zero-order chi connectivity index (χ0) is 27.3. The molecule has 0 bridgehead atoms. The third-order valence-electron chi connectivity index (χ3n) is 4.95. The molecule has 0 spiro atoms. The Morgan fingerprint density at radius 3 is 2.53 bits per heavy atom. The SMILES string of the molecule is O=C(c1ccc(Nc2cc(OCCO)ncn2)cc1)N(CO)c1nc(-c2ccc(F)c(C(F)(F)F)c2)ns1. The van der Waals surface area contributed by atoms with Gasteiger partial charge in [0.1, 0.15) is 31.3 Å². The standard InChI is InChI=1S/C23H18F4N6O4S/c24-17-6-3-14(9-16(17)23(25,26)27)20-31-22(38-32-20)33(12-35)21(36)13-1-4-15(5-2-13)30-18-10-19(29-11-28-18)37-8-7-34/h1-6,9-11,34-35H,7-8,12H2,(H,28,29,30). The monoisotopic (exact) mass is 550 g/mol. The van der Waals surface area contributed by atoms with Gasteiger partial charge in [0.25, 0.3) is 5.91 Å². The summed E-state index contributed by atoms with van der Waals surface area (Å²) in [6, 6.07) is 9.99. The average molecular weight is 550 g/mol. The fourth-order valence-corrected chi connectivity index (χ4v) is 3.85. The van der Waals surface area contributed by atoms with Crippen molar-refractivity contribution in [3.63, 3.8) is 0 Å². The van der Waals surface area contributed by atoms with Gasteiger partial charge in [0.2, 0.25) is 11.0 Å². The molecule has 0 radical (unpaired) electrons. The van der Waals surface area contributed by atoms with Crippen molar-refractivity contribution >= 4 is 34.1 Å². The van der Waals surface area contributed by atoms with Crippen molar-refractivity contribution in [3.05, 3.63) is 71.8 Å². The molecule has 2 heterocycles. The molecule has 0 aliphatic carbocycles. The van der Waals surface area contributed by atoms with Gasteiger partial charge in [-0.25, -0.2) is 14.4 Å². The van der Waals surface area contributed by atoms with Crippen LogP contribution >= 0.6 is 11.5 Å². The van der Waals surface area contributed by atoms with Crippen molar-refractivity contribution < 1.29 is 37.3 Å². The van der Waals surface area contributed by atoms with E-state index in [1.54, 1.807) is 12.1 Å². The molecule has 0 aliphatic heterocycles. The number of carbonyl (C=O) groups is 1. The number of aliphatic hydroxyl groups excluding tert-OH is 2. The number of rotatable bonds is 9. The molecule has 198 valence electrons. The Kier molecular flexibility index (Phi) is 8.09. The van der Waals surface area contributed by atoms with Crippen molar-refractivity contribution in [1.29, 1.82) is 0 Å². The van der Waals surface area contributed by atoms with E-state index < -0.39 is 30.2 Å². The van der Waals surface area contributed by atoms with E-state index in [0.717, 1.165) is 11.0 Å². The maximum atomic E-state index is 13.6. The Morgan fingerprint density at radius 1 is 1.08 bits per heavy atom. The molecule has 2 aromatic carbocycles. The number of carbonyl (C=O) groups excluding carboxylic acids is 1. The molecule has 0 unspecified atom stereocenters. The highest BCUT2D eigenvalue weighted by molar-refractivity contribution is 7.10. The van der Waals surface area contributed by atoms with Gasteiger partial charge in [0.15, 0.2) is 5.82 Å². The normalized spacial score (nSPS) is 11.3. The second kappa shape index (κ2) is 11.5. The summed E-state index contributed by atoms with van der Waals surface area (Å²) in [5.74, 6) is -1.57. The van der Waals surface area contributed by atoms with E-state index in [0.29, 0.717) is 35.2 Å². The predicted octanol–water partition coefficient (Wildman–Crippen LogP) is 3.86. The number of alkyl halides is 3. The fourth-order valence-electron chi connectivity index (χ4n) is 3.17. The molecular formula is C23H18F4N6O4S. The Labute approximate surface area is 216 Å². The van der Waals surface area contributed by atoms with E-state index in [1.807, 2.05) is 0 Å². The molecule has 3 N–H and O–H groups in total. The van der Waals surface area contributed by atoms with Crippen LogP contribution in [0.4, 0.5) is 34.2 Å². The predicted molar refractivity (Wildman–Crippen MR) is 129 cm³/mol. The first kappa shape index (κ1) is 26.8. The van der Waals surface area contributed by atoms with Crippen LogP contribution in [0.3, 0.4) is 0 Å². The largest absolute Gasteiger partial charge is 0.475 e. The van der Waals surface area contributed by atoms with Crippen molar-refractivity contribution in [2.75, 3.05) is 30.2 Å². The highest BCUT2D eigenvalue weighted by atomic mass is 32.1. The minimum atomic E-state index is -4.91. The Bertz CT molecular complexity index is 1420. The van der Waals surface area contributed by atoms with Crippen LogP contribution in [0.2, 0.25) is 0 Å². The molecule has 38 heavy (non-hydrogen) atoms. The molecule has 15 heteroatoms. The minimum Gasteiger partial charge on any atom is -0.475 e. The van der Waals surface area contributed by atoms with Crippen LogP contribution in [-0.2, 0) is 6.18 Å². The van der Waals surface area contributed by atoms with Gasteiger partial charge >= 0.3 is 6.18 Å². The zero-order valence-corrected chi connectivity index (χ0v) is 20.0. The van der Waals surface area contributed by atoms with Crippen molar-refractivity contribution in [3.8, 4) is 17.3 Å². The summed E-state index contributed by atoms with van der Waals surface area (Å²) < 4.78 is 61.9. The lowest BCUT2D eigenvalue weighted by Crippen LogP contribution is -2.31. The van der Waals surface area contributed by atoms with E-state index in [2.05, 4.69) is 24.6 Å². The smallest absolute Gasteiger partial charge is 0.419 e. The van der Waals surface area contributed by atoms with E-state index in [4.69, 9.17) is 9.84 Å². The average Bonchev–Trinajstić information content (AvgIpc) is 3.38. The molecule has 0 aliphatic rings. The van der Waals surface area contributed by atoms with E-state index in [9.17, 15) is 27.5 Å². The number of ether oxygens (including phenoxy) is 1. The highest BCUT2D eigenvalue weighted by Crippen LogP contribution is 2.34. The summed E-state index contributed by atoms with van der Waals surface area (Å²) in [5.41, 5.74) is -0.821. The van der Waals surface area contributed by atoms with Gasteiger partial charge in [-0.1, -0.05) is 0 Å². The van der Waals surface area contributed by atoms with E-state index >= 15 is 0 Å². The van der Waals surface area contributed by atoms with Crippen LogP contribution in [-0.4, -0.2) is 55.4 Å². The quantitative estimate of drug-likeness (QED) is 0.210. The minimum absolute atomic E-state index is 0.0658. The number of anilines is 3. The summed E-state index contributed by atoms with van der Waals surface area (Å²) in [5, 5.41) is 21.6. The van der Waals surface area contributed by atoms with Gasteiger partial charge in [-0.2, -0.15) is 22.5 Å². The number of nitrogens with zero attached hydrogens (tertiary/aromatic N) is 5. The van der Waals surface area contributed by atoms with Crippen LogP contribution in [0.5, 0.6) is 5.88 Å². The molecule has 2 aromatic heterocycles. The lowest BCUT2D eigenvalue weighted by molar-refractivity contribution is -0.139. The lowest BCUT2D eigenvalue weighted by Gasteiger charge is -2.16. The van der Waals surface area contributed by atoms with Gasteiger partial charge in [0, 0.05) is 34.4 Å². The molecule has 0 saturated carbocycles. The summed E-state index contributed by atoms with van der Waals surface area (Å²) in [6.45, 7) is -0.873. The first-order valence-corrected chi connectivity index (χ1v) is 11.5. The number of halogens is 4. The van der Waals surface area contributed by atoms with Gasteiger partial charge in [-0.05, 0) is 42.5 Å². The third kappa shape index (κ3) is 6.19. The summed E-state index contributed by atoms with van der Waals surface area (Å²) in [7, 11) is 0. The zero-order valence-electron chi connectivity index (χ0n) is 19.2. The fraction of sp³-hybridized carbons (Fsp3) is 0.174. The molecule has 1 amide bonds.